The summed E-state index contributed by atoms with van der Waals surface area (Å²) in [6.07, 6.45) is 0. The lowest BCUT2D eigenvalue weighted by Crippen LogP contribution is -2.08. The van der Waals surface area contributed by atoms with Crippen LogP contribution in [0, 0.1) is 17.1 Å². The molecule has 1 aromatic rings. The molecule has 0 atom stereocenters. The second-order valence-corrected chi connectivity index (χ2v) is 1.95. The number of benzene rings is 1. The minimum Gasteiger partial charge on any atom is -0.321 e. The normalized spacial score (nSPS) is 8.08. The maximum absolute atomic E-state index is 12.7. The van der Waals surface area contributed by atoms with Gasteiger partial charge in [0.05, 0.1) is 17.3 Å². The van der Waals surface area contributed by atoms with Gasteiger partial charge in [0.25, 0.3) is 0 Å². The predicted molar refractivity (Wildman–Crippen MR) is 46.2 cm³/mol. The number of rotatable bonds is 1. The number of nitriles is 1. The zero-order valence-electron chi connectivity index (χ0n) is 6.04. The monoisotopic (exact) mass is 187 g/mol. The number of hydrogen-bond donors (Lipinski definition) is 2. The Morgan fingerprint density at radius 3 is 2.58 bits per heavy atom. The first-order chi connectivity index (χ1) is 5.27. The molecule has 64 valence electrons. The second kappa shape index (κ2) is 4.54. The van der Waals surface area contributed by atoms with E-state index >= 15 is 0 Å². The Bertz CT molecular complexity index is 308. The van der Waals surface area contributed by atoms with Crippen LogP contribution in [0.1, 0.15) is 5.56 Å². The topological polar surface area (TPSA) is 61.8 Å². The average Bonchev–Trinajstić information content (AvgIpc) is 2.04. The number of nitrogens with one attached hydrogen (secondary N) is 1. The molecule has 5 heteroatoms. The number of hydrogen-bond acceptors (Lipinski definition) is 3. The molecule has 0 saturated carbocycles. The molecular weight excluding hydrogens is 181 g/mol. The van der Waals surface area contributed by atoms with Gasteiger partial charge < -0.3 is 5.43 Å². The van der Waals surface area contributed by atoms with Crippen molar-refractivity contribution in [1.82, 2.24) is 0 Å². The maximum Gasteiger partial charge on any atom is 0.148 e. The van der Waals surface area contributed by atoms with Crippen molar-refractivity contribution in [2.75, 3.05) is 5.43 Å². The van der Waals surface area contributed by atoms with Gasteiger partial charge in [-0.05, 0) is 18.2 Å². The Kier molecular flexibility index (Phi) is 4.05. The maximum atomic E-state index is 12.7. The highest BCUT2D eigenvalue weighted by atomic mass is 35.5. The lowest BCUT2D eigenvalue weighted by atomic mass is 10.2. The molecule has 0 fully saturated rings. The summed E-state index contributed by atoms with van der Waals surface area (Å²) in [5.41, 5.74) is 2.63. The van der Waals surface area contributed by atoms with Crippen LogP contribution in [0.15, 0.2) is 18.2 Å². The molecule has 0 spiro atoms. The van der Waals surface area contributed by atoms with Gasteiger partial charge in [0.15, 0.2) is 0 Å². The van der Waals surface area contributed by atoms with Crippen LogP contribution >= 0.6 is 12.4 Å². The van der Waals surface area contributed by atoms with Crippen LogP contribution in [0.3, 0.4) is 0 Å². The molecule has 0 aromatic heterocycles. The van der Waals surface area contributed by atoms with Crippen molar-refractivity contribution in [3.63, 3.8) is 0 Å². The smallest absolute Gasteiger partial charge is 0.148 e. The predicted octanol–water partition coefficient (Wildman–Crippen LogP) is 1.40. The molecule has 12 heavy (non-hydrogen) atoms. The summed E-state index contributed by atoms with van der Waals surface area (Å²) in [5, 5.41) is 8.36. The van der Waals surface area contributed by atoms with Crippen molar-refractivity contribution in [2.24, 2.45) is 5.84 Å². The Morgan fingerprint density at radius 1 is 1.50 bits per heavy atom. The van der Waals surface area contributed by atoms with E-state index in [2.05, 4.69) is 5.43 Å². The first-order valence-electron chi connectivity index (χ1n) is 2.94. The first kappa shape index (κ1) is 10.7. The second-order valence-electron chi connectivity index (χ2n) is 1.95. The lowest BCUT2D eigenvalue weighted by molar-refractivity contribution is 0.630. The summed E-state index contributed by atoms with van der Waals surface area (Å²) in [6, 6.07) is 5.83. The number of anilines is 1. The minimum absolute atomic E-state index is 0. The Labute approximate surface area is 75.4 Å². The molecule has 0 bridgehead atoms. The van der Waals surface area contributed by atoms with Gasteiger partial charge in [-0.3, -0.25) is 5.84 Å². The van der Waals surface area contributed by atoms with Gasteiger partial charge in [0.1, 0.15) is 5.82 Å². The van der Waals surface area contributed by atoms with Crippen LogP contribution in [0.5, 0.6) is 0 Å². The van der Waals surface area contributed by atoms with Crippen molar-refractivity contribution < 1.29 is 4.39 Å². The molecule has 0 aliphatic carbocycles. The van der Waals surface area contributed by atoms with E-state index in [4.69, 9.17) is 11.1 Å². The third kappa shape index (κ3) is 2.09. The summed E-state index contributed by atoms with van der Waals surface area (Å²) >= 11 is 0. The Morgan fingerprint density at radius 2 is 2.17 bits per heavy atom. The standard InChI is InChI=1S/C7H6FN3.ClH/c8-6-3-5(4-9)1-2-7(6)11-10;/h1-3,11H,10H2;1H. The lowest BCUT2D eigenvalue weighted by Gasteiger charge is -1.99. The van der Waals surface area contributed by atoms with Gasteiger partial charge in [-0.15, -0.1) is 12.4 Å². The van der Waals surface area contributed by atoms with Crippen molar-refractivity contribution in [1.29, 1.82) is 5.26 Å². The highest BCUT2D eigenvalue weighted by molar-refractivity contribution is 5.85. The van der Waals surface area contributed by atoms with Crippen molar-refractivity contribution in [3.05, 3.63) is 29.6 Å². The van der Waals surface area contributed by atoms with E-state index in [9.17, 15) is 4.39 Å². The fraction of sp³-hybridized carbons (Fsp3) is 0. The molecule has 0 saturated heterocycles. The quantitative estimate of drug-likeness (QED) is 0.516. The zero-order chi connectivity index (χ0) is 8.27. The van der Waals surface area contributed by atoms with E-state index < -0.39 is 5.82 Å². The molecule has 0 unspecified atom stereocenters. The third-order valence-corrected chi connectivity index (χ3v) is 1.25. The molecule has 1 rings (SSSR count). The van der Waals surface area contributed by atoms with Gasteiger partial charge in [-0.2, -0.15) is 5.26 Å². The Hall–Kier alpha value is -1.31. The van der Waals surface area contributed by atoms with Crippen LogP contribution in [-0.2, 0) is 0 Å². The fourth-order valence-electron chi connectivity index (χ4n) is 0.702. The van der Waals surface area contributed by atoms with Crippen LogP contribution in [0.25, 0.3) is 0 Å². The number of nitrogen functional groups attached to an aromatic ring is 1. The summed E-state index contributed by atoms with van der Waals surface area (Å²) < 4.78 is 12.7. The highest BCUT2D eigenvalue weighted by Crippen LogP contribution is 2.13. The summed E-state index contributed by atoms with van der Waals surface area (Å²) in [7, 11) is 0. The SMILES string of the molecule is Cl.N#Cc1ccc(NN)c(F)c1. The van der Waals surface area contributed by atoms with Crippen LogP contribution < -0.4 is 11.3 Å². The number of nitrogens with two attached hydrogens (primary N) is 1. The molecule has 1 aromatic carbocycles. The molecule has 0 aliphatic heterocycles. The molecular formula is C7H7ClFN3. The highest BCUT2D eigenvalue weighted by Gasteiger charge is 1.99. The average molecular weight is 188 g/mol. The van der Waals surface area contributed by atoms with Crippen molar-refractivity contribution >= 4 is 18.1 Å². The van der Waals surface area contributed by atoms with Crippen LogP contribution in [0.4, 0.5) is 10.1 Å². The van der Waals surface area contributed by atoms with Crippen molar-refractivity contribution in [2.45, 2.75) is 0 Å². The van der Waals surface area contributed by atoms with Crippen LogP contribution in [-0.4, -0.2) is 0 Å². The fourth-order valence-corrected chi connectivity index (χ4v) is 0.702. The van der Waals surface area contributed by atoms with E-state index in [1.54, 1.807) is 0 Å². The van der Waals surface area contributed by atoms with Crippen molar-refractivity contribution in [3.8, 4) is 6.07 Å². The molecule has 3 nitrogen and oxygen atoms in total. The Balaban J connectivity index is 0.00000121. The molecule has 0 heterocycles. The van der Waals surface area contributed by atoms with Gasteiger partial charge in [0.2, 0.25) is 0 Å². The number of hydrazine groups is 1. The number of nitrogens with zero attached hydrogens (tertiary/aromatic N) is 1. The van der Waals surface area contributed by atoms with Crippen LogP contribution in [0.2, 0.25) is 0 Å². The third-order valence-electron chi connectivity index (χ3n) is 1.25. The van der Waals surface area contributed by atoms with Gasteiger partial charge >= 0.3 is 0 Å². The van der Waals surface area contributed by atoms with E-state index in [1.807, 2.05) is 6.07 Å². The van der Waals surface area contributed by atoms with Gasteiger partial charge in [-0.25, -0.2) is 4.39 Å². The summed E-state index contributed by atoms with van der Waals surface area (Å²) in [6.45, 7) is 0. The first-order valence-corrected chi connectivity index (χ1v) is 2.94. The molecule has 0 amide bonds. The zero-order valence-corrected chi connectivity index (χ0v) is 6.86. The largest absolute Gasteiger partial charge is 0.321 e. The molecule has 0 aliphatic rings. The minimum atomic E-state index is -0.522. The van der Waals surface area contributed by atoms with Gasteiger partial charge in [0, 0.05) is 0 Å². The summed E-state index contributed by atoms with van der Waals surface area (Å²) in [4.78, 5) is 0. The number of halogens is 2. The van der Waals surface area contributed by atoms with Gasteiger partial charge in [-0.1, -0.05) is 0 Å². The van der Waals surface area contributed by atoms with E-state index in [0.717, 1.165) is 6.07 Å². The van der Waals surface area contributed by atoms with E-state index in [1.165, 1.54) is 12.1 Å². The van der Waals surface area contributed by atoms with E-state index in [-0.39, 0.29) is 23.7 Å². The molecule has 0 radical (unpaired) electrons. The molecule has 3 N–H and O–H groups in total. The van der Waals surface area contributed by atoms with E-state index in [0.29, 0.717) is 0 Å². The summed E-state index contributed by atoms with van der Waals surface area (Å²) in [5.74, 6) is 4.45.